The van der Waals surface area contributed by atoms with Gasteiger partial charge in [0.15, 0.2) is 17.3 Å². The second kappa shape index (κ2) is 8.98. The van der Waals surface area contributed by atoms with Crippen LogP contribution in [-0.2, 0) is 17.6 Å². The van der Waals surface area contributed by atoms with Crippen LogP contribution in [0.1, 0.15) is 29.8 Å². The maximum atomic E-state index is 13.0. The normalized spacial score (nSPS) is 11.7. The molecule has 146 valence electrons. The largest absolute Gasteiger partial charge is 0.493 e. The molecule has 1 amide bonds. The molecule has 0 aliphatic heterocycles. The van der Waals surface area contributed by atoms with Crippen molar-refractivity contribution in [2.75, 3.05) is 19.5 Å². The van der Waals surface area contributed by atoms with Crippen molar-refractivity contribution in [3.05, 3.63) is 59.4 Å². The van der Waals surface area contributed by atoms with Gasteiger partial charge in [0, 0.05) is 5.69 Å². The Balaban J connectivity index is 1.87. The first kappa shape index (κ1) is 19.3. The van der Waals surface area contributed by atoms with Gasteiger partial charge >= 0.3 is 0 Å². The van der Waals surface area contributed by atoms with Gasteiger partial charge < -0.3 is 14.8 Å². The molecule has 0 unspecified atom stereocenters. The highest BCUT2D eigenvalue weighted by Gasteiger charge is 2.27. The van der Waals surface area contributed by atoms with E-state index in [9.17, 15) is 4.79 Å². The number of nitrogens with one attached hydrogen (secondary N) is 2. The van der Waals surface area contributed by atoms with Crippen LogP contribution in [0.5, 0.6) is 11.5 Å². The third-order valence-electron chi connectivity index (χ3n) is 4.53. The van der Waals surface area contributed by atoms with E-state index < -0.39 is 5.92 Å². The summed E-state index contributed by atoms with van der Waals surface area (Å²) in [5, 5.41) is 17.0. The predicted molar refractivity (Wildman–Crippen MR) is 105 cm³/mol. The maximum absolute atomic E-state index is 13.0. The van der Waals surface area contributed by atoms with Crippen LogP contribution in [0.4, 0.5) is 5.69 Å². The topological polar surface area (TPSA) is 102 Å². The Morgan fingerprint density at radius 1 is 1.14 bits per heavy atom. The van der Waals surface area contributed by atoms with Crippen molar-refractivity contribution < 1.29 is 14.3 Å². The van der Waals surface area contributed by atoms with E-state index in [0.29, 0.717) is 29.4 Å². The smallest absolute Gasteiger partial charge is 0.235 e. The van der Waals surface area contributed by atoms with Crippen LogP contribution >= 0.6 is 0 Å². The number of nitrogens with zero attached hydrogens (tertiary/aromatic N) is 3. The lowest BCUT2D eigenvalue weighted by Gasteiger charge is -2.17. The highest BCUT2D eigenvalue weighted by atomic mass is 16.5. The number of amides is 1. The van der Waals surface area contributed by atoms with Crippen molar-refractivity contribution in [1.29, 1.82) is 0 Å². The molecule has 0 aliphatic rings. The fourth-order valence-electron chi connectivity index (χ4n) is 3.01. The first-order valence-electron chi connectivity index (χ1n) is 8.99. The standard InChI is InChI=1S/C20H23N5O3/c1-4-13-8-10-15(11-9-13)21-20(26)16(19-22-24-25-23-19)12-14-6-5-7-17(27-2)18(14)28-3/h5-11,16H,4,12H2,1-3H3,(H,21,26)(H,22,23,24,25)/t16-/m1/s1. The summed E-state index contributed by atoms with van der Waals surface area (Å²) in [6.45, 7) is 2.08. The van der Waals surface area contributed by atoms with Crippen LogP contribution in [-0.4, -0.2) is 40.8 Å². The lowest BCUT2D eigenvalue weighted by Crippen LogP contribution is -2.24. The van der Waals surface area contributed by atoms with Gasteiger partial charge in [-0.05, 0) is 42.2 Å². The lowest BCUT2D eigenvalue weighted by molar-refractivity contribution is -0.117. The van der Waals surface area contributed by atoms with Gasteiger partial charge in [-0.25, -0.2) is 0 Å². The van der Waals surface area contributed by atoms with Crippen LogP contribution < -0.4 is 14.8 Å². The molecule has 1 aromatic heterocycles. The predicted octanol–water partition coefficient (Wildman–Crippen LogP) is 2.74. The number of hydrogen-bond donors (Lipinski definition) is 2. The van der Waals surface area contributed by atoms with E-state index in [0.717, 1.165) is 12.0 Å². The number of H-pyrrole nitrogens is 1. The molecule has 0 spiro atoms. The zero-order valence-corrected chi connectivity index (χ0v) is 16.1. The van der Waals surface area contributed by atoms with E-state index in [4.69, 9.17) is 9.47 Å². The van der Waals surface area contributed by atoms with Gasteiger partial charge in [0.2, 0.25) is 5.91 Å². The monoisotopic (exact) mass is 381 g/mol. The first-order valence-corrected chi connectivity index (χ1v) is 8.99. The molecule has 3 rings (SSSR count). The Morgan fingerprint density at radius 2 is 1.93 bits per heavy atom. The molecule has 8 heteroatoms. The number of aromatic amines is 1. The number of tetrazole rings is 1. The number of rotatable bonds is 8. The summed E-state index contributed by atoms with van der Waals surface area (Å²) in [5.41, 5.74) is 2.73. The van der Waals surface area contributed by atoms with Gasteiger partial charge in [-0.15, -0.1) is 10.2 Å². The molecule has 0 radical (unpaired) electrons. The zero-order chi connectivity index (χ0) is 19.9. The van der Waals surface area contributed by atoms with Crippen LogP contribution in [0, 0.1) is 0 Å². The number of methoxy groups -OCH3 is 2. The highest BCUT2D eigenvalue weighted by molar-refractivity contribution is 5.95. The minimum atomic E-state index is -0.648. The fourth-order valence-corrected chi connectivity index (χ4v) is 3.01. The number of anilines is 1. The van der Waals surface area contributed by atoms with Gasteiger partial charge in [0.1, 0.15) is 5.92 Å². The molecule has 3 aromatic rings. The molecule has 0 bridgehead atoms. The Labute approximate surface area is 163 Å². The minimum absolute atomic E-state index is 0.226. The highest BCUT2D eigenvalue weighted by Crippen LogP contribution is 2.34. The van der Waals surface area contributed by atoms with Crippen molar-refractivity contribution >= 4 is 11.6 Å². The van der Waals surface area contributed by atoms with Gasteiger partial charge in [0.05, 0.1) is 14.2 Å². The number of carbonyl (C=O) groups is 1. The summed E-state index contributed by atoms with van der Waals surface area (Å²) in [6, 6.07) is 13.3. The molecule has 0 aliphatic carbocycles. The number of carbonyl (C=O) groups excluding carboxylic acids is 1. The summed E-state index contributed by atoms with van der Waals surface area (Å²) >= 11 is 0. The van der Waals surface area contributed by atoms with Gasteiger partial charge in [-0.2, -0.15) is 5.21 Å². The van der Waals surface area contributed by atoms with Crippen molar-refractivity contribution in [1.82, 2.24) is 20.6 Å². The van der Waals surface area contributed by atoms with E-state index in [1.807, 2.05) is 36.4 Å². The second-order valence-electron chi connectivity index (χ2n) is 6.22. The van der Waals surface area contributed by atoms with Gasteiger partial charge in [-0.3, -0.25) is 4.79 Å². The SMILES string of the molecule is CCc1ccc(NC(=O)[C@H](Cc2cccc(OC)c2OC)c2nn[nH]n2)cc1. The first-order chi connectivity index (χ1) is 13.7. The molecule has 0 saturated heterocycles. The maximum Gasteiger partial charge on any atom is 0.235 e. The molecule has 2 aromatic carbocycles. The third-order valence-corrected chi connectivity index (χ3v) is 4.53. The fraction of sp³-hybridized carbons (Fsp3) is 0.300. The number of ether oxygens (including phenoxy) is 2. The molecule has 8 nitrogen and oxygen atoms in total. The summed E-state index contributed by atoms with van der Waals surface area (Å²) in [7, 11) is 3.14. The summed E-state index contributed by atoms with van der Waals surface area (Å²) in [6.07, 6.45) is 1.27. The van der Waals surface area contributed by atoms with E-state index in [-0.39, 0.29) is 5.91 Å². The number of benzene rings is 2. The number of aryl methyl sites for hydroxylation is 1. The molecule has 28 heavy (non-hydrogen) atoms. The van der Waals surface area contributed by atoms with Crippen LogP contribution in [0.25, 0.3) is 0 Å². The molecular weight excluding hydrogens is 358 g/mol. The number of aromatic nitrogens is 4. The number of para-hydroxylation sites is 1. The van der Waals surface area contributed by atoms with Crippen molar-refractivity contribution in [3.8, 4) is 11.5 Å². The zero-order valence-electron chi connectivity index (χ0n) is 16.1. The lowest BCUT2D eigenvalue weighted by atomic mass is 9.96. The summed E-state index contributed by atoms with van der Waals surface area (Å²) in [4.78, 5) is 13.0. The molecule has 0 saturated carbocycles. The van der Waals surface area contributed by atoms with E-state index in [1.54, 1.807) is 20.3 Å². The average Bonchev–Trinajstić information content (AvgIpc) is 3.26. The quantitative estimate of drug-likeness (QED) is 0.622. The minimum Gasteiger partial charge on any atom is -0.493 e. The van der Waals surface area contributed by atoms with Crippen LogP contribution in [0.2, 0.25) is 0 Å². The van der Waals surface area contributed by atoms with E-state index in [1.165, 1.54) is 5.56 Å². The van der Waals surface area contributed by atoms with Gasteiger partial charge in [0.25, 0.3) is 0 Å². The van der Waals surface area contributed by atoms with Gasteiger partial charge in [-0.1, -0.05) is 36.4 Å². The Morgan fingerprint density at radius 3 is 2.54 bits per heavy atom. The van der Waals surface area contributed by atoms with Crippen LogP contribution in [0.15, 0.2) is 42.5 Å². The van der Waals surface area contributed by atoms with E-state index >= 15 is 0 Å². The van der Waals surface area contributed by atoms with Crippen molar-refractivity contribution in [3.63, 3.8) is 0 Å². The second-order valence-corrected chi connectivity index (χ2v) is 6.22. The van der Waals surface area contributed by atoms with Crippen molar-refractivity contribution in [2.24, 2.45) is 0 Å². The summed E-state index contributed by atoms with van der Waals surface area (Å²) in [5.74, 6) is 0.620. The molecular formula is C20H23N5O3. The Bertz CT molecular complexity index is 910. The molecule has 0 fully saturated rings. The average molecular weight is 381 g/mol. The van der Waals surface area contributed by atoms with E-state index in [2.05, 4.69) is 32.9 Å². The number of hydrogen-bond acceptors (Lipinski definition) is 6. The Hall–Kier alpha value is -3.42. The molecule has 1 heterocycles. The molecule has 1 atom stereocenters. The molecule has 2 N–H and O–H groups in total. The Kier molecular flexibility index (Phi) is 6.21. The summed E-state index contributed by atoms with van der Waals surface area (Å²) < 4.78 is 10.8. The van der Waals surface area contributed by atoms with Crippen LogP contribution in [0.3, 0.4) is 0 Å². The third kappa shape index (κ3) is 4.28. The van der Waals surface area contributed by atoms with Crippen molar-refractivity contribution in [2.45, 2.75) is 25.7 Å².